The fourth-order valence-electron chi connectivity index (χ4n) is 1.56. The van der Waals surface area contributed by atoms with Crippen LogP contribution in [-0.4, -0.2) is 17.1 Å². The summed E-state index contributed by atoms with van der Waals surface area (Å²) in [5.41, 5.74) is 7.44. The summed E-state index contributed by atoms with van der Waals surface area (Å²) in [6, 6.07) is 5.53. The first-order valence-corrected chi connectivity index (χ1v) is 6.12. The number of nitrogen functional groups attached to an aromatic ring is 1. The van der Waals surface area contributed by atoms with Gasteiger partial charge in [-0.1, -0.05) is 0 Å². The Morgan fingerprint density at radius 3 is 3.00 bits per heavy atom. The molecule has 1 aromatic heterocycles. The molecule has 3 N–H and O–H groups in total. The van der Waals surface area contributed by atoms with Gasteiger partial charge in [0.15, 0.2) is 0 Å². The lowest BCUT2D eigenvalue weighted by Gasteiger charge is -2.11. The van der Waals surface area contributed by atoms with Crippen LogP contribution in [0, 0.1) is 0 Å². The molecular formula is C12H13BrN4O. The molecule has 0 unspecified atom stereocenters. The summed E-state index contributed by atoms with van der Waals surface area (Å²) >= 11 is 3.38. The van der Waals surface area contributed by atoms with Crippen LogP contribution >= 0.6 is 15.9 Å². The first-order valence-electron chi connectivity index (χ1n) is 5.32. The molecule has 2 rings (SSSR count). The standard InChI is InChI=1S/C12H13BrN4O/c1-18-11-3-2-9(14)4-8(11)5-16-12-10(13)6-15-7-17-12/h2-4,6-7H,5,14H2,1H3,(H,15,16,17). The fourth-order valence-corrected chi connectivity index (χ4v) is 1.92. The van der Waals surface area contributed by atoms with E-state index in [1.807, 2.05) is 18.2 Å². The Kier molecular flexibility index (Phi) is 3.99. The molecule has 0 bridgehead atoms. The molecule has 0 aliphatic heterocycles. The van der Waals surface area contributed by atoms with Gasteiger partial charge in [0.2, 0.25) is 0 Å². The predicted molar refractivity (Wildman–Crippen MR) is 74.5 cm³/mol. The predicted octanol–water partition coefficient (Wildman–Crippen LogP) is 2.44. The second kappa shape index (κ2) is 5.68. The Labute approximate surface area is 114 Å². The van der Waals surface area contributed by atoms with Gasteiger partial charge in [0.25, 0.3) is 0 Å². The van der Waals surface area contributed by atoms with Crippen LogP contribution in [0.25, 0.3) is 0 Å². The van der Waals surface area contributed by atoms with Crippen LogP contribution in [0.3, 0.4) is 0 Å². The zero-order valence-electron chi connectivity index (χ0n) is 9.85. The van der Waals surface area contributed by atoms with Crippen LogP contribution in [0.4, 0.5) is 11.5 Å². The highest BCUT2D eigenvalue weighted by Crippen LogP contribution is 2.23. The highest BCUT2D eigenvalue weighted by Gasteiger charge is 2.05. The number of nitrogens with one attached hydrogen (secondary N) is 1. The summed E-state index contributed by atoms with van der Waals surface area (Å²) in [4.78, 5) is 8.04. The van der Waals surface area contributed by atoms with Gasteiger partial charge in [-0.25, -0.2) is 9.97 Å². The molecule has 5 nitrogen and oxygen atoms in total. The van der Waals surface area contributed by atoms with Gasteiger partial charge in [-0.05, 0) is 34.1 Å². The number of halogens is 1. The van der Waals surface area contributed by atoms with Gasteiger partial charge in [-0.15, -0.1) is 0 Å². The number of methoxy groups -OCH3 is 1. The molecule has 94 valence electrons. The number of nitrogens with two attached hydrogens (primary N) is 1. The smallest absolute Gasteiger partial charge is 0.144 e. The van der Waals surface area contributed by atoms with E-state index in [0.717, 1.165) is 21.6 Å². The average Bonchev–Trinajstić information content (AvgIpc) is 2.38. The van der Waals surface area contributed by atoms with Gasteiger partial charge in [0.1, 0.15) is 17.9 Å². The molecule has 0 atom stereocenters. The molecule has 18 heavy (non-hydrogen) atoms. The van der Waals surface area contributed by atoms with E-state index < -0.39 is 0 Å². The van der Waals surface area contributed by atoms with E-state index in [1.54, 1.807) is 13.3 Å². The molecule has 6 heteroatoms. The van der Waals surface area contributed by atoms with Crippen molar-refractivity contribution in [2.75, 3.05) is 18.2 Å². The number of hydrogen-bond acceptors (Lipinski definition) is 5. The molecule has 0 saturated heterocycles. The molecule has 0 radical (unpaired) electrons. The van der Waals surface area contributed by atoms with Crippen LogP contribution in [0.2, 0.25) is 0 Å². The number of ether oxygens (including phenoxy) is 1. The summed E-state index contributed by atoms with van der Waals surface area (Å²) in [6.45, 7) is 0.573. The molecular weight excluding hydrogens is 296 g/mol. The lowest BCUT2D eigenvalue weighted by atomic mass is 10.2. The van der Waals surface area contributed by atoms with E-state index in [-0.39, 0.29) is 0 Å². The summed E-state index contributed by atoms with van der Waals surface area (Å²) < 4.78 is 6.09. The summed E-state index contributed by atoms with van der Waals surface area (Å²) in [5, 5.41) is 3.20. The normalized spacial score (nSPS) is 10.1. The molecule has 1 aromatic carbocycles. The van der Waals surface area contributed by atoms with Crippen LogP contribution in [0.5, 0.6) is 5.75 Å². The van der Waals surface area contributed by atoms with Crippen molar-refractivity contribution in [3.8, 4) is 5.75 Å². The highest BCUT2D eigenvalue weighted by molar-refractivity contribution is 9.10. The van der Waals surface area contributed by atoms with Crippen molar-refractivity contribution in [1.29, 1.82) is 0 Å². The van der Waals surface area contributed by atoms with Crippen molar-refractivity contribution < 1.29 is 4.74 Å². The summed E-state index contributed by atoms with van der Waals surface area (Å²) in [5.74, 6) is 1.52. The Hall–Kier alpha value is -1.82. The zero-order chi connectivity index (χ0) is 13.0. The van der Waals surface area contributed by atoms with Crippen LogP contribution in [0.1, 0.15) is 5.56 Å². The van der Waals surface area contributed by atoms with Gasteiger partial charge in [-0.2, -0.15) is 0 Å². The zero-order valence-corrected chi connectivity index (χ0v) is 11.4. The van der Waals surface area contributed by atoms with Crippen LogP contribution in [-0.2, 0) is 6.54 Å². The number of hydrogen-bond donors (Lipinski definition) is 2. The number of anilines is 2. The Balaban J connectivity index is 2.15. The molecule has 0 aliphatic rings. The number of benzene rings is 1. The first-order chi connectivity index (χ1) is 8.70. The minimum atomic E-state index is 0.573. The highest BCUT2D eigenvalue weighted by atomic mass is 79.9. The number of nitrogens with zero attached hydrogens (tertiary/aromatic N) is 2. The Morgan fingerprint density at radius 1 is 1.44 bits per heavy atom. The molecule has 0 aliphatic carbocycles. The second-order valence-electron chi connectivity index (χ2n) is 3.64. The van der Waals surface area contributed by atoms with Crippen LogP contribution in [0.15, 0.2) is 35.2 Å². The van der Waals surface area contributed by atoms with Gasteiger partial charge >= 0.3 is 0 Å². The SMILES string of the molecule is COc1ccc(N)cc1CNc1ncncc1Br. The molecule has 0 fully saturated rings. The maximum absolute atomic E-state index is 5.76. The molecule has 0 spiro atoms. The van der Waals surface area contributed by atoms with Gasteiger partial charge < -0.3 is 15.8 Å². The maximum atomic E-state index is 5.76. The van der Waals surface area contributed by atoms with E-state index in [2.05, 4.69) is 31.2 Å². The van der Waals surface area contributed by atoms with Crippen molar-refractivity contribution in [1.82, 2.24) is 9.97 Å². The third kappa shape index (κ3) is 2.89. The minimum Gasteiger partial charge on any atom is -0.496 e. The Bertz CT molecular complexity index is 547. The Morgan fingerprint density at radius 2 is 2.28 bits per heavy atom. The van der Waals surface area contributed by atoms with Crippen molar-refractivity contribution >= 4 is 27.4 Å². The molecule has 0 saturated carbocycles. The fraction of sp³-hybridized carbons (Fsp3) is 0.167. The minimum absolute atomic E-state index is 0.573. The van der Waals surface area contributed by atoms with E-state index in [4.69, 9.17) is 10.5 Å². The van der Waals surface area contributed by atoms with Gasteiger partial charge in [0.05, 0.1) is 11.6 Å². The van der Waals surface area contributed by atoms with Crippen molar-refractivity contribution in [3.05, 3.63) is 40.8 Å². The quantitative estimate of drug-likeness (QED) is 0.849. The average molecular weight is 309 g/mol. The van der Waals surface area contributed by atoms with E-state index in [1.165, 1.54) is 6.33 Å². The van der Waals surface area contributed by atoms with Crippen LogP contribution < -0.4 is 15.8 Å². The summed E-state index contributed by atoms with van der Waals surface area (Å²) in [7, 11) is 1.63. The van der Waals surface area contributed by atoms with E-state index >= 15 is 0 Å². The van der Waals surface area contributed by atoms with E-state index in [0.29, 0.717) is 12.2 Å². The largest absolute Gasteiger partial charge is 0.496 e. The third-order valence-corrected chi connectivity index (χ3v) is 3.00. The lowest BCUT2D eigenvalue weighted by molar-refractivity contribution is 0.410. The maximum Gasteiger partial charge on any atom is 0.144 e. The topological polar surface area (TPSA) is 73.1 Å². The molecule has 1 heterocycles. The number of rotatable bonds is 4. The third-order valence-electron chi connectivity index (χ3n) is 2.42. The number of aromatic nitrogens is 2. The van der Waals surface area contributed by atoms with Crippen molar-refractivity contribution in [3.63, 3.8) is 0 Å². The summed E-state index contributed by atoms with van der Waals surface area (Å²) in [6.07, 6.45) is 3.18. The molecule has 0 amide bonds. The second-order valence-corrected chi connectivity index (χ2v) is 4.50. The van der Waals surface area contributed by atoms with Crippen molar-refractivity contribution in [2.45, 2.75) is 6.54 Å². The van der Waals surface area contributed by atoms with Gasteiger partial charge in [-0.3, -0.25) is 0 Å². The lowest BCUT2D eigenvalue weighted by Crippen LogP contribution is -2.04. The molecule has 2 aromatic rings. The van der Waals surface area contributed by atoms with Crippen molar-refractivity contribution in [2.24, 2.45) is 0 Å². The first kappa shape index (κ1) is 12.6. The van der Waals surface area contributed by atoms with E-state index in [9.17, 15) is 0 Å². The monoisotopic (exact) mass is 308 g/mol. The van der Waals surface area contributed by atoms with Gasteiger partial charge in [0, 0.05) is 24.0 Å².